The number of nitrogens with zero attached hydrogens (tertiary/aromatic N) is 1. The van der Waals surface area contributed by atoms with E-state index in [1.807, 2.05) is 72.8 Å². The van der Waals surface area contributed by atoms with E-state index in [0.29, 0.717) is 17.2 Å². The van der Waals surface area contributed by atoms with Crippen molar-refractivity contribution in [1.29, 1.82) is 0 Å². The smallest absolute Gasteiger partial charge is 0.485 e. The second-order valence-corrected chi connectivity index (χ2v) is 7.64. The molecule has 184 valence electrons. The fourth-order valence-electron chi connectivity index (χ4n) is 3.44. The first kappa shape index (κ1) is 24.5. The first-order chi connectivity index (χ1) is 17.2. The molecule has 1 aliphatic heterocycles. The second kappa shape index (κ2) is 10.3. The average molecular weight is 496 g/mol. The molecule has 0 radical (unpaired) electrons. The number of rotatable bonds is 3. The number of carbonyl (C=O) groups excluding carboxylic acids is 1. The molecule has 36 heavy (non-hydrogen) atoms. The number of fused-ring (bicyclic) bond motifs is 3. The average Bonchev–Trinajstić information content (AvgIpc) is 2.89. The van der Waals surface area contributed by atoms with Crippen LogP contribution in [0.2, 0.25) is 0 Å². The van der Waals surface area contributed by atoms with Gasteiger partial charge >= 0.3 is 12.1 Å². The summed E-state index contributed by atoms with van der Waals surface area (Å²) in [6.07, 6.45) is -2.28. The maximum atomic E-state index is 12.7. The topological polar surface area (TPSA) is 97.8 Å². The number of anilines is 1. The summed E-state index contributed by atoms with van der Waals surface area (Å²) < 4.78 is 43.6. The minimum Gasteiger partial charge on any atom is -0.485 e. The SMILES string of the molecule is O=C(Nc1ccc(-c2ccncc2)cc1)C1COc2ccc3ccccc3c2O1.O=C(O)C(F)(F)F. The predicted octanol–water partition coefficient (Wildman–Crippen LogP) is 5.31. The summed E-state index contributed by atoms with van der Waals surface area (Å²) in [4.78, 5) is 25.7. The Hall–Kier alpha value is -4.60. The lowest BCUT2D eigenvalue weighted by atomic mass is 10.1. The van der Waals surface area contributed by atoms with Crippen molar-refractivity contribution in [2.24, 2.45) is 0 Å². The first-order valence-corrected chi connectivity index (χ1v) is 10.6. The van der Waals surface area contributed by atoms with Crippen molar-refractivity contribution < 1.29 is 37.3 Å². The molecule has 0 spiro atoms. The van der Waals surface area contributed by atoms with Crippen LogP contribution in [0.1, 0.15) is 0 Å². The van der Waals surface area contributed by atoms with E-state index in [1.165, 1.54) is 0 Å². The standard InChI is InChI=1S/C24H18N2O3.C2HF3O2/c27-24(26-19-8-5-16(6-9-19)17-11-13-25-14-12-17)22-15-28-21-10-7-18-3-1-2-4-20(18)23(21)29-22;3-2(4,5)1(6)7/h1-14,22H,15H2,(H,26,27);(H,6,7). The van der Waals surface area contributed by atoms with Gasteiger partial charge in [0.25, 0.3) is 5.91 Å². The molecule has 0 fully saturated rings. The first-order valence-electron chi connectivity index (χ1n) is 10.6. The van der Waals surface area contributed by atoms with Crippen LogP contribution in [0.3, 0.4) is 0 Å². The lowest BCUT2D eigenvalue weighted by Gasteiger charge is -2.26. The number of carbonyl (C=O) groups is 2. The highest BCUT2D eigenvalue weighted by Crippen LogP contribution is 2.38. The number of carboxylic acid groups (broad SMARTS) is 1. The molecule has 5 rings (SSSR count). The molecule has 1 amide bonds. The van der Waals surface area contributed by atoms with Crippen LogP contribution in [0, 0.1) is 0 Å². The van der Waals surface area contributed by atoms with E-state index in [4.69, 9.17) is 19.4 Å². The summed E-state index contributed by atoms with van der Waals surface area (Å²) >= 11 is 0. The lowest BCUT2D eigenvalue weighted by Crippen LogP contribution is -2.40. The molecular weight excluding hydrogens is 477 g/mol. The fraction of sp³-hybridized carbons (Fsp3) is 0.115. The Morgan fingerprint density at radius 2 is 1.56 bits per heavy atom. The summed E-state index contributed by atoms with van der Waals surface area (Å²) in [5.74, 6) is -1.72. The molecule has 1 aliphatic rings. The molecule has 0 saturated carbocycles. The van der Waals surface area contributed by atoms with Crippen LogP contribution < -0.4 is 14.8 Å². The van der Waals surface area contributed by atoms with Gasteiger partial charge in [-0.05, 0) is 46.8 Å². The number of ether oxygens (including phenoxy) is 2. The molecule has 7 nitrogen and oxygen atoms in total. The van der Waals surface area contributed by atoms with E-state index >= 15 is 0 Å². The highest BCUT2D eigenvalue weighted by atomic mass is 19.4. The highest BCUT2D eigenvalue weighted by Gasteiger charge is 2.38. The normalized spacial score (nSPS) is 14.4. The Morgan fingerprint density at radius 1 is 0.917 bits per heavy atom. The number of benzene rings is 3. The monoisotopic (exact) mass is 496 g/mol. The molecule has 3 aromatic carbocycles. The lowest BCUT2D eigenvalue weighted by molar-refractivity contribution is -0.192. The zero-order chi connectivity index (χ0) is 25.7. The van der Waals surface area contributed by atoms with Crippen molar-refractivity contribution in [1.82, 2.24) is 4.98 Å². The van der Waals surface area contributed by atoms with Gasteiger partial charge in [0.1, 0.15) is 6.61 Å². The van der Waals surface area contributed by atoms with Gasteiger partial charge in [0.05, 0.1) is 0 Å². The van der Waals surface area contributed by atoms with E-state index in [-0.39, 0.29) is 12.5 Å². The van der Waals surface area contributed by atoms with Gasteiger partial charge in [-0.2, -0.15) is 13.2 Å². The van der Waals surface area contributed by atoms with Gasteiger partial charge in [-0.15, -0.1) is 0 Å². The maximum absolute atomic E-state index is 12.7. The quantitative estimate of drug-likeness (QED) is 0.399. The van der Waals surface area contributed by atoms with E-state index < -0.39 is 18.2 Å². The van der Waals surface area contributed by atoms with Crippen LogP contribution in [0.5, 0.6) is 11.5 Å². The van der Waals surface area contributed by atoms with Crippen LogP contribution in [-0.2, 0) is 9.59 Å². The number of halogens is 3. The molecular formula is C26H19F3N2O5. The number of aromatic nitrogens is 1. The van der Waals surface area contributed by atoms with E-state index in [1.54, 1.807) is 12.4 Å². The van der Waals surface area contributed by atoms with Gasteiger partial charge < -0.3 is 19.9 Å². The molecule has 2 heterocycles. The maximum Gasteiger partial charge on any atom is 0.490 e. The van der Waals surface area contributed by atoms with Gasteiger partial charge in [0.15, 0.2) is 11.5 Å². The number of alkyl halides is 3. The van der Waals surface area contributed by atoms with Crippen molar-refractivity contribution in [3.05, 3.63) is 85.2 Å². The Morgan fingerprint density at radius 3 is 2.22 bits per heavy atom. The third-order valence-electron chi connectivity index (χ3n) is 5.19. The summed E-state index contributed by atoms with van der Waals surface area (Å²) in [6, 6.07) is 23.3. The van der Waals surface area contributed by atoms with Crippen molar-refractivity contribution in [2.45, 2.75) is 12.3 Å². The van der Waals surface area contributed by atoms with E-state index in [9.17, 15) is 18.0 Å². The molecule has 0 bridgehead atoms. The molecule has 4 aromatic rings. The third-order valence-corrected chi connectivity index (χ3v) is 5.19. The van der Waals surface area contributed by atoms with Crippen molar-refractivity contribution >= 4 is 28.3 Å². The van der Waals surface area contributed by atoms with Gasteiger partial charge in [0, 0.05) is 23.5 Å². The Balaban J connectivity index is 0.000000384. The molecule has 1 unspecified atom stereocenters. The minimum absolute atomic E-state index is 0.173. The minimum atomic E-state index is -5.08. The Kier molecular flexibility index (Phi) is 7.05. The van der Waals surface area contributed by atoms with Crippen molar-refractivity contribution in [2.75, 3.05) is 11.9 Å². The summed E-state index contributed by atoms with van der Waals surface area (Å²) in [5, 5.41) is 12.0. The molecule has 1 aromatic heterocycles. The number of pyridine rings is 1. The highest BCUT2D eigenvalue weighted by molar-refractivity contribution is 5.96. The zero-order valence-corrected chi connectivity index (χ0v) is 18.5. The number of carboxylic acids is 1. The molecule has 1 atom stereocenters. The number of amides is 1. The van der Waals surface area contributed by atoms with Gasteiger partial charge in [0.2, 0.25) is 6.10 Å². The van der Waals surface area contributed by atoms with Crippen LogP contribution in [0.25, 0.3) is 21.9 Å². The summed E-state index contributed by atoms with van der Waals surface area (Å²) in [6.45, 7) is 0.173. The van der Waals surface area contributed by atoms with Gasteiger partial charge in [-0.25, -0.2) is 4.79 Å². The van der Waals surface area contributed by atoms with E-state index in [0.717, 1.165) is 21.9 Å². The number of aliphatic carboxylic acids is 1. The van der Waals surface area contributed by atoms with Gasteiger partial charge in [-0.1, -0.05) is 42.5 Å². The van der Waals surface area contributed by atoms with E-state index in [2.05, 4.69) is 10.3 Å². The van der Waals surface area contributed by atoms with Crippen LogP contribution in [-0.4, -0.2) is 40.9 Å². The van der Waals surface area contributed by atoms with Crippen LogP contribution in [0.15, 0.2) is 85.2 Å². The summed E-state index contributed by atoms with van der Waals surface area (Å²) in [7, 11) is 0. The van der Waals surface area contributed by atoms with Crippen molar-refractivity contribution in [3.8, 4) is 22.6 Å². The second-order valence-electron chi connectivity index (χ2n) is 7.64. The largest absolute Gasteiger partial charge is 0.490 e. The van der Waals surface area contributed by atoms with Crippen LogP contribution >= 0.6 is 0 Å². The number of hydrogen-bond acceptors (Lipinski definition) is 5. The molecule has 10 heteroatoms. The summed E-state index contributed by atoms with van der Waals surface area (Å²) in [5.41, 5.74) is 2.84. The zero-order valence-electron chi connectivity index (χ0n) is 18.5. The fourth-order valence-corrected chi connectivity index (χ4v) is 3.44. The van der Waals surface area contributed by atoms with Crippen LogP contribution in [0.4, 0.5) is 18.9 Å². The predicted molar refractivity (Wildman–Crippen MR) is 126 cm³/mol. The third kappa shape index (κ3) is 5.72. The molecule has 2 N–H and O–H groups in total. The van der Waals surface area contributed by atoms with Gasteiger partial charge in [-0.3, -0.25) is 9.78 Å². The molecule has 0 saturated heterocycles. The number of nitrogens with one attached hydrogen (secondary N) is 1. The number of hydrogen-bond donors (Lipinski definition) is 2. The van der Waals surface area contributed by atoms with Crippen molar-refractivity contribution in [3.63, 3.8) is 0 Å². The molecule has 0 aliphatic carbocycles. The Bertz CT molecular complexity index is 1380. The Labute approximate surface area is 203 Å².